The number of rotatable bonds is 6. The van der Waals surface area contributed by atoms with Gasteiger partial charge in [-0.05, 0) is 50.5 Å². The van der Waals surface area contributed by atoms with Crippen LogP contribution in [-0.2, 0) is 0 Å². The maximum Gasteiger partial charge on any atom is 0.253 e. The Bertz CT molecular complexity index is 425. The summed E-state index contributed by atoms with van der Waals surface area (Å²) in [6.45, 7) is 9.24. The van der Waals surface area contributed by atoms with Crippen molar-refractivity contribution < 1.29 is 4.79 Å². The van der Waals surface area contributed by atoms with Gasteiger partial charge in [-0.25, -0.2) is 0 Å². The summed E-state index contributed by atoms with van der Waals surface area (Å²) in [4.78, 5) is 14.3. The standard InChI is InChI=1S/C16H26N2O/c1-6-14(7-2)18(5)16(19)13-9-10-15(17-8-3)12(4)11-13/h9-11,14,17H,6-8H2,1-5H3. The zero-order chi connectivity index (χ0) is 14.4. The molecule has 1 rings (SSSR count). The molecular formula is C16H26N2O. The van der Waals surface area contributed by atoms with Crippen LogP contribution in [0.15, 0.2) is 18.2 Å². The smallest absolute Gasteiger partial charge is 0.253 e. The van der Waals surface area contributed by atoms with Crippen molar-refractivity contribution in [2.24, 2.45) is 0 Å². The number of carbonyl (C=O) groups is 1. The fraction of sp³-hybridized carbons (Fsp3) is 0.562. The van der Waals surface area contributed by atoms with Gasteiger partial charge in [0.15, 0.2) is 0 Å². The van der Waals surface area contributed by atoms with Crippen LogP contribution in [-0.4, -0.2) is 30.4 Å². The highest BCUT2D eigenvalue weighted by Crippen LogP contribution is 2.18. The number of nitrogens with one attached hydrogen (secondary N) is 1. The molecule has 1 N–H and O–H groups in total. The molecule has 106 valence electrons. The molecule has 3 nitrogen and oxygen atoms in total. The number of benzene rings is 1. The zero-order valence-electron chi connectivity index (χ0n) is 12.8. The maximum absolute atomic E-state index is 12.4. The molecule has 3 heteroatoms. The summed E-state index contributed by atoms with van der Waals surface area (Å²) in [7, 11) is 1.90. The third-order valence-electron chi connectivity index (χ3n) is 3.65. The molecule has 0 fully saturated rings. The lowest BCUT2D eigenvalue weighted by Gasteiger charge is -2.26. The minimum Gasteiger partial charge on any atom is -0.385 e. The van der Waals surface area contributed by atoms with Crippen molar-refractivity contribution >= 4 is 11.6 Å². The quantitative estimate of drug-likeness (QED) is 0.848. The second-order valence-electron chi connectivity index (χ2n) is 4.95. The molecule has 0 aromatic heterocycles. The summed E-state index contributed by atoms with van der Waals surface area (Å²) >= 11 is 0. The molecule has 1 aromatic rings. The van der Waals surface area contributed by atoms with Gasteiger partial charge in [0.2, 0.25) is 0 Å². The largest absolute Gasteiger partial charge is 0.385 e. The summed E-state index contributed by atoms with van der Waals surface area (Å²) in [5.74, 6) is 0.111. The van der Waals surface area contributed by atoms with Gasteiger partial charge >= 0.3 is 0 Å². The molecule has 1 aromatic carbocycles. The third-order valence-corrected chi connectivity index (χ3v) is 3.65. The lowest BCUT2D eigenvalue weighted by Crippen LogP contribution is -2.36. The van der Waals surface area contributed by atoms with Gasteiger partial charge in [-0.1, -0.05) is 13.8 Å². The highest BCUT2D eigenvalue weighted by molar-refractivity contribution is 5.95. The minimum atomic E-state index is 0.111. The Balaban J connectivity index is 2.91. The van der Waals surface area contributed by atoms with E-state index in [4.69, 9.17) is 0 Å². The van der Waals surface area contributed by atoms with Gasteiger partial charge in [0, 0.05) is 30.9 Å². The molecule has 0 unspecified atom stereocenters. The van der Waals surface area contributed by atoms with Gasteiger partial charge in [-0.3, -0.25) is 4.79 Å². The van der Waals surface area contributed by atoms with Crippen LogP contribution in [0.25, 0.3) is 0 Å². The van der Waals surface area contributed by atoms with Crippen molar-refractivity contribution in [1.82, 2.24) is 4.90 Å². The van der Waals surface area contributed by atoms with Crippen molar-refractivity contribution in [3.63, 3.8) is 0 Å². The van der Waals surface area contributed by atoms with Crippen molar-refractivity contribution in [2.45, 2.75) is 46.6 Å². The second kappa shape index (κ2) is 7.17. The van der Waals surface area contributed by atoms with Crippen molar-refractivity contribution in [2.75, 3.05) is 18.9 Å². The highest BCUT2D eigenvalue weighted by atomic mass is 16.2. The summed E-state index contributed by atoms with van der Waals surface area (Å²) in [6, 6.07) is 6.19. The fourth-order valence-electron chi connectivity index (χ4n) is 2.39. The third kappa shape index (κ3) is 3.72. The molecule has 0 aliphatic heterocycles. The maximum atomic E-state index is 12.4. The topological polar surface area (TPSA) is 32.3 Å². The Kier molecular flexibility index (Phi) is 5.87. The molecule has 0 radical (unpaired) electrons. The van der Waals surface area contributed by atoms with E-state index in [1.54, 1.807) is 0 Å². The second-order valence-corrected chi connectivity index (χ2v) is 4.95. The number of amides is 1. The van der Waals surface area contributed by atoms with Crippen LogP contribution in [0.3, 0.4) is 0 Å². The predicted octanol–water partition coefficient (Wildman–Crippen LogP) is 3.69. The van der Waals surface area contributed by atoms with Crippen LogP contribution in [0.5, 0.6) is 0 Å². The first-order valence-electron chi connectivity index (χ1n) is 7.16. The van der Waals surface area contributed by atoms with E-state index in [2.05, 4.69) is 26.1 Å². The van der Waals surface area contributed by atoms with Crippen molar-refractivity contribution in [3.8, 4) is 0 Å². The van der Waals surface area contributed by atoms with E-state index in [9.17, 15) is 4.79 Å². The van der Waals surface area contributed by atoms with E-state index in [0.717, 1.165) is 36.2 Å². The van der Waals surface area contributed by atoms with E-state index in [-0.39, 0.29) is 5.91 Å². The van der Waals surface area contributed by atoms with Crippen LogP contribution in [0.2, 0.25) is 0 Å². The Morgan fingerprint density at radius 3 is 2.37 bits per heavy atom. The zero-order valence-corrected chi connectivity index (χ0v) is 12.8. The molecule has 0 atom stereocenters. The van der Waals surface area contributed by atoms with Crippen molar-refractivity contribution in [1.29, 1.82) is 0 Å². The average molecular weight is 262 g/mol. The Morgan fingerprint density at radius 1 is 1.26 bits per heavy atom. The predicted molar refractivity (Wildman–Crippen MR) is 81.8 cm³/mol. The van der Waals surface area contributed by atoms with Gasteiger partial charge in [-0.15, -0.1) is 0 Å². The Morgan fingerprint density at radius 2 is 1.89 bits per heavy atom. The number of hydrogen-bond donors (Lipinski definition) is 1. The first kappa shape index (κ1) is 15.5. The summed E-state index contributed by atoms with van der Waals surface area (Å²) in [6.07, 6.45) is 1.99. The van der Waals surface area contributed by atoms with Gasteiger partial charge in [0.1, 0.15) is 0 Å². The normalized spacial score (nSPS) is 10.6. The van der Waals surface area contributed by atoms with Crippen LogP contribution in [0.4, 0.5) is 5.69 Å². The van der Waals surface area contributed by atoms with Gasteiger partial charge < -0.3 is 10.2 Å². The summed E-state index contributed by atoms with van der Waals surface area (Å²) in [5.41, 5.74) is 2.99. The average Bonchev–Trinajstić information content (AvgIpc) is 2.41. The van der Waals surface area contributed by atoms with Gasteiger partial charge in [0.05, 0.1) is 0 Å². The van der Waals surface area contributed by atoms with E-state index >= 15 is 0 Å². The first-order valence-corrected chi connectivity index (χ1v) is 7.16. The van der Waals surface area contributed by atoms with E-state index < -0.39 is 0 Å². The molecule has 1 amide bonds. The molecule has 0 heterocycles. The molecule has 0 bridgehead atoms. The van der Waals surface area contributed by atoms with Gasteiger partial charge in [0.25, 0.3) is 5.91 Å². The van der Waals surface area contributed by atoms with Gasteiger partial charge in [-0.2, -0.15) is 0 Å². The molecule has 0 aliphatic rings. The number of nitrogens with zero attached hydrogens (tertiary/aromatic N) is 1. The van der Waals surface area contributed by atoms with Crippen LogP contribution in [0, 0.1) is 6.92 Å². The summed E-state index contributed by atoms with van der Waals surface area (Å²) < 4.78 is 0. The van der Waals surface area contributed by atoms with Crippen LogP contribution in [0.1, 0.15) is 49.5 Å². The summed E-state index contributed by atoms with van der Waals surface area (Å²) in [5, 5.41) is 3.29. The number of aryl methyl sites for hydroxylation is 1. The highest BCUT2D eigenvalue weighted by Gasteiger charge is 2.18. The lowest BCUT2D eigenvalue weighted by molar-refractivity contribution is 0.0723. The van der Waals surface area contributed by atoms with E-state index in [0.29, 0.717) is 6.04 Å². The molecular weight excluding hydrogens is 236 g/mol. The Labute approximate surface area is 117 Å². The molecule has 0 aliphatic carbocycles. The first-order chi connectivity index (χ1) is 9.04. The number of anilines is 1. The van der Waals surface area contributed by atoms with E-state index in [1.165, 1.54) is 0 Å². The monoisotopic (exact) mass is 262 g/mol. The van der Waals surface area contributed by atoms with Crippen LogP contribution < -0.4 is 5.32 Å². The van der Waals surface area contributed by atoms with E-state index in [1.807, 2.05) is 37.1 Å². The van der Waals surface area contributed by atoms with Crippen LogP contribution >= 0.6 is 0 Å². The molecule has 19 heavy (non-hydrogen) atoms. The Hall–Kier alpha value is -1.51. The van der Waals surface area contributed by atoms with Crippen molar-refractivity contribution in [3.05, 3.63) is 29.3 Å². The molecule has 0 spiro atoms. The number of carbonyl (C=O) groups excluding carboxylic acids is 1. The number of hydrogen-bond acceptors (Lipinski definition) is 2. The molecule has 0 saturated carbocycles. The lowest BCUT2D eigenvalue weighted by atomic mass is 10.1. The minimum absolute atomic E-state index is 0.111. The molecule has 0 saturated heterocycles. The fourth-order valence-corrected chi connectivity index (χ4v) is 2.39. The SMILES string of the molecule is CCNc1ccc(C(=O)N(C)C(CC)CC)cc1C.